The number of rotatable bonds is 4. The molecule has 0 spiro atoms. The summed E-state index contributed by atoms with van der Waals surface area (Å²) in [5.74, 6) is 1.64. The Labute approximate surface area is 111 Å². The second-order valence-corrected chi connectivity index (χ2v) is 4.89. The van der Waals surface area contributed by atoms with E-state index in [1.54, 1.807) is 7.11 Å². The number of thiol groups is 1. The van der Waals surface area contributed by atoms with Crippen LogP contribution in [0, 0.1) is 20.8 Å². The van der Waals surface area contributed by atoms with Crippen LogP contribution in [-0.2, 0) is 6.54 Å². The number of nitrogens with one attached hydrogen (secondary N) is 1. The topological polar surface area (TPSA) is 21.3 Å². The van der Waals surface area contributed by atoms with E-state index < -0.39 is 0 Å². The highest BCUT2D eigenvalue weighted by Crippen LogP contribution is 2.35. The largest absolute Gasteiger partial charge is 0.496 e. The third-order valence-electron chi connectivity index (χ3n) is 2.91. The van der Waals surface area contributed by atoms with Crippen LogP contribution >= 0.6 is 28.6 Å². The van der Waals surface area contributed by atoms with Crippen LogP contribution in [0.2, 0.25) is 0 Å². The van der Waals surface area contributed by atoms with Crippen molar-refractivity contribution in [2.75, 3.05) is 13.0 Å². The zero-order valence-corrected chi connectivity index (χ0v) is 12.6. The molecule has 90 valence electrons. The van der Waals surface area contributed by atoms with Crippen molar-refractivity contribution in [2.45, 2.75) is 27.3 Å². The van der Waals surface area contributed by atoms with Crippen LogP contribution < -0.4 is 10.1 Å². The normalized spacial score (nSPS) is 10.6. The van der Waals surface area contributed by atoms with Crippen molar-refractivity contribution in [1.29, 1.82) is 0 Å². The molecule has 0 atom stereocenters. The Bertz CT molecular complexity index is 393. The molecule has 0 amide bonds. The van der Waals surface area contributed by atoms with Crippen LogP contribution in [0.5, 0.6) is 5.75 Å². The van der Waals surface area contributed by atoms with Crippen molar-refractivity contribution >= 4 is 28.6 Å². The van der Waals surface area contributed by atoms with Gasteiger partial charge in [0, 0.05) is 22.5 Å². The van der Waals surface area contributed by atoms with Gasteiger partial charge in [-0.05, 0) is 37.5 Å². The van der Waals surface area contributed by atoms with Crippen LogP contribution in [-0.4, -0.2) is 13.0 Å². The zero-order chi connectivity index (χ0) is 12.3. The average Bonchev–Trinajstić information content (AvgIpc) is 2.29. The average molecular weight is 304 g/mol. The summed E-state index contributed by atoms with van der Waals surface area (Å²) in [6.07, 6.45) is 0. The molecule has 0 aliphatic carbocycles. The minimum absolute atomic E-state index is 0.660. The summed E-state index contributed by atoms with van der Waals surface area (Å²) < 4.78 is 6.67. The predicted octanol–water partition coefficient (Wildman–Crippen LogP) is 3.36. The molecule has 16 heavy (non-hydrogen) atoms. The van der Waals surface area contributed by atoms with Crippen molar-refractivity contribution in [3.8, 4) is 5.75 Å². The van der Waals surface area contributed by atoms with Crippen LogP contribution in [0.1, 0.15) is 22.3 Å². The Hall–Kier alpha value is -0.190. The summed E-state index contributed by atoms with van der Waals surface area (Å²) >= 11 is 7.79. The molecule has 1 N–H and O–H groups in total. The maximum Gasteiger partial charge on any atom is 0.126 e. The number of methoxy groups -OCH3 is 1. The van der Waals surface area contributed by atoms with Gasteiger partial charge in [-0.2, -0.15) is 12.6 Å². The molecule has 0 heterocycles. The molecule has 2 nitrogen and oxygen atoms in total. The van der Waals surface area contributed by atoms with Crippen LogP contribution in [0.4, 0.5) is 0 Å². The SMILES string of the molecule is COc1c(C)c(C)c(Br)c(C)c1CNCS. The fourth-order valence-electron chi connectivity index (χ4n) is 1.82. The fourth-order valence-corrected chi connectivity index (χ4v) is 2.46. The van der Waals surface area contributed by atoms with E-state index in [9.17, 15) is 0 Å². The van der Waals surface area contributed by atoms with Gasteiger partial charge in [-0.1, -0.05) is 15.9 Å². The smallest absolute Gasteiger partial charge is 0.126 e. The molecule has 0 bridgehead atoms. The second kappa shape index (κ2) is 5.94. The first-order valence-corrected chi connectivity index (χ1v) is 6.60. The first-order valence-electron chi connectivity index (χ1n) is 5.18. The Balaban J connectivity index is 3.33. The number of ether oxygens (including phenoxy) is 1. The molecule has 0 fully saturated rings. The molecule has 0 saturated carbocycles. The van der Waals surface area contributed by atoms with Crippen molar-refractivity contribution in [3.05, 3.63) is 26.7 Å². The van der Waals surface area contributed by atoms with E-state index >= 15 is 0 Å². The highest BCUT2D eigenvalue weighted by molar-refractivity contribution is 9.10. The molecule has 0 aliphatic rings. The van der Waals surface area contributed by atoms with E-state index in [0.29, 0.717) is 5.88 Å². The molecule has 0 aromatic heterocycles. The van der Waals surface area contributed by atoms with E-state index in [1.807, 2.05) is 0 Å². The molecule has 0 aliphatic heterocycles. The van der Waals surface area contributed by atoms with Gasteiger partial charge in [0.1, 0.15) is 5.75 Å². The Kier molecular flexibility index (Phi) is 5.15. The summed E-state index contributed by atoms with van der Waals surface area (Å²) in [5, 5.41) is 3.22. The minimum atomic E-state index is 0.660. The van der Waals surface area contributed by atoms with Crippen molar-refractivity contribution in [2.24, 2.45) is 0 Å². The van der Waals surface area contributed by atoms with E-state index in [4.69, 9.17) is 4.74 Å². The quantitative estimate of drug-likeness (QED) is 0.657. The number of hydrogen-bond donors (Lipinski definition) is 2. The van der Waals surface area contributed by atoms with Gasteiger partial charge >= 0.3 is 0 Å². The highest BCUT2D eigenvalue weighted by atomic mass is 79.9. The summed E-state index contributed by atoms with van der Waals surface area (Å²) in [7, 11) is 1.72. The van der Waals surface area contributed by atoms with E-state index in [0.717, 1.165) is 12.3 Å². The van der Waals surface area contributed by atoms with Crippen molar-refractivity contribution < 1.29 is 4.74 Å². The third kappa shape index (κ3) is 2.55. The second-order valence-electron chi connectivity index (χ2n) is 3.79. The summed E-state index contributed by atoms with van der Waals surface area (Å²) in [5.41, 5.74) is 4.86. The van der Waals surface area contributed by atoms with Gasteiger partial charge in [-0.15, -0.1) is 0 Å². The van der Waals surface area contributed by atoms with Gasteiger partial charge < -0.3 is 10.1 Å². The van der Waals surface area contributed by atoms with Gasteiger partial charge in [0.2, 0.25) is 0 Å². The summed E-state index contributed by atoms with van der Waals surface area (Å²) in [6, 6.07) is 0. The molecule has 0 saturated heterocycles. The zero-order valence-electron chi connectivity index (χ0n) is 10.1. The molecular weight excluding hydrogens is 286 g/mol. The lowest BCUT2D eigenvalue weighted by Gasteiger charge is -2.18. The number of hydrogen-bond acceptors (Lipinski definition) is 3. The Morgan fingerprint density at radius 3 is 2.31 bits per heavy atom. The maximum absolute atomic E-state index is 5.50. The van der Waals surface area contributed by atoms with Gasteiger partial charge in [0.15, 0.2) is 0 Å². The van der Waals surface area contributed by atoms with E-state index in [1.165, 1.54) is 26.7 Å². The first kappa shape index (κ1) is 13.9. The Morgan fingerprint density at radius 1 is 1.19 bits per heavy atom. The highest BCUT2D eigenvalue weighted by Gasteiger charge is 2.15. The van der Waals surface area contributed by atoms with Crippen molar-refractivity contribution in [1.82, 2.24) is 5.32 Å². The lowest BCUT2D eigenvalue weighted by Crippen LogP contribution is -2.14. The summed E-state index contributed by atoms with van der Waals surface area (Å²) in [4.78, 5) is 0. The standard InChI is InChI=1S/C12H18BrNOS/c1-7-8(2)12(15-4)10(5-14-6-16)9(3)11(7)13/h14,16H,5-6H2,1-4H3. The molecule has 1 rings (SSSR count). The molecular formula is C12H18BrNOS. The van der Waals surface area contributed by atoms with Gasteiger partial charge in [0.05, 0.1) is 7.11 Å². The lowest BCUT2D eigenvalue weighted by atomic mass is 9.99. The van der Waals surface area contributed by atoms with Gasteiger partial charge in [-0.25, -0.2) is 0 Å². The van der Waals surface area contributed by atoms with Crippen molar-refractivity contribution in [3.63, 3.8) is 0 Å². The van der Waals surface area contributed by atoms with Crippen LogP contribution in [0.25, 0.3) is 0 Å². The first-order chi connectivity index (χ1) is 7.54. The lowest BCUT2D eigenvalue weighted by molar-refractivity contribution is 0.404. The van der Waals surface area contributed by atoms with Gasteiger partial charge in [-0.3, -0.25) is 0 Å². The predicted molar refractivity (Wildman–Crippen MR) is 75.6 cm³/mol. The minimum Gasteiger partial charge on any atom is -0.496 e. The molecule has 1 aromatic carbocycles. The monoisotopic (exact) mass is 303 g/mol. The summed E-state index contributed by atoms with van der Waals surface area (Å²) in [6.45, 7) is 7.07. The van der Waals surface area contributed by atoms with Crippen LogP contribution in [0.3, 0.4) is 0 Å². The maximum atomic E-state index is 5.50. The van der Waals surface area contributed by atoms with Crippen LogP contribution in [0.15, 0.2) is 4.47 Å². The van der Waals surface area contributed by atoms with Gasteiger partial charge in [0.25, 0.3) is 0 Å². The Morgan fingerprint density at radius 2 is 1.81 bits per heavy atom. The molecule has 4 heteroatoms. The van der Waals surface area contributed by atoms with E-state index in [2.05, 4.69) is 54.6 Å². The molecule has 1 aromatic rings. The molecule has 0 unspecified atom stereocenters. The number of halogens is 1. The fraction of sp³-hybridized carbons (Fsp3) is 0.500. The van der Waals surface area contributed by atoms with E-state index in [-0.39, 0.29) is 0 Å². The molecule has 0 radical (unpaired) electrons. The third-order valence-corrected chi connectivity index (χ3v) is 4.32. The number of benzene rings is 1.